The Morgan fingerprint density at radius 2 is 1.36 bits per heavy atom. The molecule has 8 aromatic rings. The third-order valence-electron chi connectivity index (χ3n) is 9.34. The predicted molar refractivity (Wildman–Crippen MR) is 205 cm³/mol. The zero-order valence-corrected chi connectivity index (χ0v) is 29.0. The zero-order chi connectivity index (χ0) is 34.4. The van der Waals surface area contributed by atoms with Crippen molar-refractivity contribution in [2.24, 2.45) is 0 Å². The van der Waals surface area contributed by atoms with Crippen LogP contribution in [0.4, 0.5) is 17.2 Å². The minimum absolute atomic E-state index is 0.389. The number of furan rings is 1. The number of hydrogen-bond donors (Lipinski definition) is 0. The number of aryl methyl sites for hydroxylation is 1. The molecule has 0 aliphatic heterocycles. The van der Waals surface area contributed by atoms with Crippen LogP contribution >= 0.6 is 0 Å². The Kier molecular flexibility index (Phi) is 8.00. The smallest absolute Gasteiger partial charge is 0.227 e. The Labute approximate surface area is 292 Å². The molecule has 50 heavy (non-hydrogen) atoms. The fourth-order valence-electron chi connectivity index (χ4n) is 6.87. The molecule has 0 atom stereocenters. The van der Waals surface area contributed by atoms with Gasteiger partial charge in [0.25, 0.3) is 0 Å². The number of nitrogens with zero attached hydrogens (tertiary/aromatic N) is 5. The molecule has 4 heterocycles. The Bertz CT molecular complexity index is 2450. The summed E-state index contributed by atoms with van der Waals surface area (Å²) in [4.78, 5) is 17.0. The molecule has 8 rings (SSSR count). The van der Waals surface area contributed by atoms with Crippen LogP contribution < -0.4 is 4.90 Å². The average molecular weight is 654 g/mol. The van der Waals surface area contributed by atoms with Crippen molar-refractivity contribution < 1.29 is 4.42 Å². The minimum atomic E-state index is 0.389. The summed E-state index contributed by atoms with van der Waals surface area (Å²) in [6.45, 7) is 11.0. The maximum Gasteiger partial charge on any atom is 0.227 e. The van der Waals surface area contributed by atoms with E-state index in [1.807, 2.05) is 31.5 Å². The van der Waals surface area contributed by atoms with Crippen molar-refractivity contribution in [2.75, 3.05) is 4.90 Å². The van der Waals surface area contributed by atoms with E-state index >= 15 is 0 Å². The molecule has 0 amide bonds. The normalized spacial score (nSPS) is 11.7. The number of anilines is 3. The first-order chi connectivity index (χ1) is 24.4. The molecule has 0 aliphatic carbocycles. The predicted octanol–water partition coefficient (Wildman–Crippen LogP) is 11.9. The molecule has 246 valence electrons. The SMILES string of the molecule is Cc1ccc2c(n1)oc1c(-c3cccc(N(c4ccccc4)c4cccc(-c5cn(-c6c(C(C)C)cccc6C(C)C)cn5)c4)n3)cccc12. The summed E-state index contributed by atoms with van der Waals surface area (Å²) >= 11 is 0. The van der Waals surface area contributed by atoms with Gasteiger partial charge >= 0.3 is 0 Å². The van der Waals surface area contributed by atoms with Gasteiger partial charge in [-0.15, -0.1) is 0 Å². The lowest BCUT2D eigenvalue weighted by Crippen LogP contribution is -2.11. The molecule has 0 saturated heterocycles. The second kappa shape index (κ2) is 12.8. The molecule has 0 unspecified atom stereocenters. The molecule has 4 aromatic heterocycles. The Hall–Kier alpha value is -6.01. The Morgan fingerprint density at radius 1 is 0.640 bits per heavy atom. The Balaban J connectivity index is 1.22. The summed E-state index contributed by atoms with van der Waals surface area (Å²) < 4.78 is 8.55. The lowest BCUT2D eigenvalue weighted by atomic mass is 9.92. The number of fused-ring (bicyclic) bond motifs is 3. The van der Waals surface area contributed by atoms with E-state index < -0.39 is 0 Å². The summed E-state index contributed by atoms with van der Waals surface area (Å²) in [5.74, 6) is 1.58. The van der Waals surface area contributed by atoms with Gasteiger partial charge in [0.1, 0.15) is 11.4 Å². The van der Waals surface area contributed by atoms with E-state index in [-0.39, 0.29) is 0 Å². The molecule has 0 saturated carbocycles. The number of aromatic nitrogens is 4. The van der Waals surface area contributed by atoms with Crippen LogP contribution in [0.25, 0.3) is 50.3 Å². The zero-order valence-electron chi connectivity index (χ0n) is 29.0. The van der Waals surface area contributed by atoms with Crippen molar-refractivity contribution in [3.05, 3.63) is 151 Å². The highest BCUT2D eigenvalue weighted by atomic mass is 16.3. The second-order valence-electron chi connectivity index (χ2n) is 13.5. The standard InChI is InChI=1S/C44H39N5O/c1-28(2)34-17-10-18-35(29(3)4)42(34)48-26-40(45-27-48)31-13-9-16-33(25-31)49(32-14-7-6-8-15-32)41-22-12-21-39(47-41)38-20-11-19-36-37-24-23-30(5)46-44(37)50-43(36)38/h6-29H,1-5H3. The summed E-state index contributed by atoms with van der Waals surface area (Å²) in [7, 11) is 0. The molecule has 0 fully saturated rings. The van der Waals surface area contributed by atoms with Gasteiger partial charge in [0.05, 0.1) is 23.4 Å². The number of imidazole rings is 1. The summed E-state index contributed by atoms with van der Waals surface area (Å²) in [6.07, 6.45) is 4.10. The Morgan fingerprint density at radius 3 is 2.14 bits per heavy atom. The maximum atomic E-state index is 6.35. The van der Waals surface area contributed by atoms with E-state index in [9.17, 15) is 0 Å². The van der Waals surface area contributed by atoms with Crippen molar-refractivity contribution in [1.29, 1.82) is 0 Å². The monoisotopic (exact) mass is 653 g/mol. The van der Waals surface area contributed by atoms with E-state index in [1.165, 1.54) is 16.8 Å². The molecule has 0 N–H and O–H groups in total. The molecule has 6 nitrogen and oxygen atoms in total. The van der Waals surface area contributed by atoms with E-state index in [4.69, 9.17) is 14.4 Å². The fourth-order valence-corrected chi connectivity index (χ4v) is 6.87. The van der Waals surface area contributed by atoms with E-state index in [1.54, 1.807) is 0 Å². The van der Waals surface area contributed by atoms with Gasteiger partial charge in [-0.05, 0) is 84.5 Å². The van der Waals surface area contributed by atoms with Crippen molar-refractivity contribution in [3.63, 3.8) is 0 Å². The van der Waals surface area contributed by atoms with Crippen molar-refractivity contribution >= 4 is 39.3 Å². The van der Waals surface area contributed by atoms with Crippen LogP contribution in [0.2, 0.25) is 0 Å². The van der Waals surface area contributed by atoms with Gasteiger partial charge in [-0.3, -0.25) is 4.90 Å². The van der Waals surface area contributed by atoms with E-state index in [2.05, 4.69) is 151 Å². The van der Waals surface area contributed by atoms with Crippen molar-refractivity contribution in [2.45, 2.75) is 46.5 Å². The summed E-state index contributed by atoms with van der Waals surface area (Å²) in [5, 5.41) is 2.03. The van der Waals surface area contributed by atoms with Gasteiger partial charge in [0.2, 0.25) is 5.71 Å². The highest BCUT2D eigenvalue weighted by Crippen LogP contribution is 2.39. The van der Waals surface area contributed by atoms with Gasteiger partial charge in [-0.1, -0.05) is 94.4 Å². The van der Waals surface area contributed by atoms with Crippen LogP contribution in [0.15, 0.2) is 138 Å². The second-order valence-corrected chi connectivity index (χ2v) is 13.5. The van der Waals surface area contributed by atoms with Crippen LogP contribution in [-0.2, 0) is 0 Å². The molecular formula is C44H39N5O. The highest BCUT2D eigenvalue weighted by molar-refractivity contribution is 6.08. The van der Waals surface area contributed by atoms with Crippen molar-refractivity contribution in [3.8, 4) is 28.2 Å². The molecule has 4 aromatic carbocycles. The number of benzene rings is 4. The molecular weight excluding hydrogens is 615 g/mol. The first kappa shape index (κ1) is 31.3. The van der Waals surface area contributed by atoms with Crippen molar-refractivity contribution in [1.82, 2.24) is 19.5 Å². The lowest BCUT2D eigenvalue weighted by Gasteiger charge is -2.25. The molecule has 0 radical (unpaired) electrons. The van der Waals surface area contributed by atoms with Gasteiger partial charge < -0.3 is 8.98 Å². The van der Waals surface area contributed by atoms with E-state index in [0.717, 1.165) is 61.8 Å². The van der Waals surface area contributed by atoms with E-state index in [0.29, 0.717) is 17.5 Å². The summed E-state index contributed by atoms with van der Waals surface area (Å²) in [5.41, 5.74) is 11.9. The summed E-state index contributed by atoms with van der Waals surface area (Å²) in [6, 6.07) is 42.0. The van der Waals surface area contributed by atoms with Crippen LogP contribution in [0.1, 0.15) is 56.4 Å². The maximum absolute atomic E-state index is 6.35. The average Bonchev–Trinajstić information content (AvgIpc) is 3.77. The first-order valence-electron chi connectivity index (χ1n) is 17.2. The minimum Gasteiger partial charge on any atom is -0.437 e. The van der Waals surface area contributed by atoms with Crippen LogP contribution in [0, 0.1) is 6.92 Å². The fraction of sp³-hybridized carbons (Fsp3) is 0.159. The van der Waals surface area contributed by atoms with Crippen LogP contribution in [-0.4, -0.2) is 19.5 Å². The largest absolute Gasteiger partial charge is 0.437 e. The third kappa shape index (κ3) is 5.63. The van der Waals surface area contributed by atoms with Crippen LogP contribution in [0.5, 0.6) is 0 Å². The van der Waals surface area contributed by atoms with Gasteiger partial charge in [-0.25, -0.2) is 15.0 Å². The molecule has 6 heteroatoms. The van der Waals surface area contributed by atoms with Crippen LogP contribution in [0.3, 0.4) is 0 Å². The number of pyridine rings is 2. The molecule has 0 spiro atoms. The number of hydrogen-bond acceptors (Lipinski definition) is 5. The molecule has 0 aliphatic rings. The highest BCUT2D eigenvalue weighted by Gasteiger charge is 2.20. The number of rotatable bonds is 8. The topological polar surface area (TPSA) is 60.0 Å². The lowest BCUT2D eigenvalue weighted by molar-refractivity contribution is 0.653. The third-order valence-corrected chi connectivity index (χ3v) is 9.34. The first-order valence-corrected chi connectivity index (χ1v) is 17.2. The molecule has 0 bridgehead atoms. The van der Waals surface area contributed by atoms with Gasteiger partial charge in [0.15, 0.2) is 0 Å². The quantitative estimate of drug-likeness (QED) is 0.163. The van der Waals surface area contributed by atoms with Gasteiger partial charge in [0, 0.05) is 45.2 Å². The number of para-hydroxylation sites is 3. The van der Waals surface area contributed by atoms with Gasteiger partial charge in [-0.2, -0.15) is 0 Å².